The molecule has 0 spiro atoms. The van der Waals surface area contributed by atoms with Crippen LogP contribution in [-0.4, -0.2) is 55.7 Å². The van der Waals surface area contributed by atoms with Gasteiger partial charge in [-0.3, -0.25) is 9.59 Å². The van der Waals surface area contributed by atoms with Gasteiger partial charge in [0, 0.05) is 18.4 Å². The quantitative estimate of drug-likeness (QED) is 0.226. The molecule has 2 aliphatic heterocycles. The summed E-state index contributed by atoms with van der Waals surface area (Å²) < 4.78 is 30.4. The Hall–Kier alpha value is -2.26. The Bertz CT molecular complexity index is 817. The first-order chi connectivity index (χ1) is 17.6. The average Bonchev–Trinajstić information content (AvgIpc) is 2.89. The van der Waals surface area contributed by atoms with E-state index < -0.39 is 36.9 Å². The van der Waals surface area contributed by atoms with Crippen LogP contribution in [-0.2, 0) is 33.3 Å². The number of carbonyl (C=O) groups excluding carboxylic acids is 2. The Morgan fingerprint density at radius 3 is 2.47 bits per heavy atom. The summed E-state index contributed by atoms with van der Waals surface area (Å²) in [5, 5.41) is 3.03. The van der Waals surface area contributed by atoms with Gasteiger partial charge < -0.3 is 29.0 Å². The molecule has 1 aromatic rings. The van der Waals surface area contributed by atoms with E-state index in [-0.39, 0.29) is 25.1 Å². The minimum atomic E-state index is -0.840. The first-order valence-corrected chi connectivity index (χ1v) is 13.3. The topological polar surface area (TPSA) is 92.3 Å². The number of benzene rings is 1. The third-order valence-corrected chi connectivity index (χ3v) is 6.38. The maximum Gasteiger partial charge on any atom is 0.306 e. The molecule has 0 aromatic heterocycles. The number of ether oxygens (including phenoxy) is 5. The highest BCUT2D eigenvalue weighted by molar-refractivity contribution is 5.76. The van der Waals surface area contributed by atoms with Crippen molar-refractivity contribution in [1.82, 2.24) is 5.32 Å². The van der Waals surface area contributed by atoms with E-state index in [0.717, 1.165) is 44.1 Å². The summed E-state index contributed by atoms with van der Waals surface area (Å²) in [7, 11) is 0. The number of unbranched alkanes of at least 4 members (excludes halogenated alkanes) is 4. The van der Waals surface area contributed by atoms with Gasteiger partial charge in [-0.2, -0.15) is 0 Å². The fraction of sp³-hybridized carbons (Fsp3) is 0.643. The maximum absolute atomic E-state index is 12.9. The highest BCUT2D eigenvalue weighted by atomic mass is 16.8. The van der Waals surface area contributed by atoms with Crippen LogP contribution < -0.4 is 5.32 Å². The predicted octanol–water partition coefficient (Wildman–Crippen LogP) is 4.59. The molecule has 36 heavy (non-hydrogen) atoms. The van der Waals surface area contributed by atoms with E-state index in [1.165, 1.54) is 0 Å². The van der Waals surface area contributed by atoms with Gasteiger partial charge in [-0.1, -0.05) is 75.9 Å². The number of fused-ring (bicyclic) bond motifs is 1. The molecule has 2 fully saturated rings. The van der Waals surface area contributed by atoms with Crippen LogP contribution in [0.1, 0.15) is 77.1 Å². The molecule has 0 unspecified atom stereocenters. The van der Waals surface area contributed by atoms with Crippen LogP contribution in [0, 0.1) is 0 Å². The van der Waals surface area contributed by atoms with Gasteiger partial charge in [0.1, 0.15) is 18.2 Å². The summed E-state index contributed by atoms with van der Waals surface area (Å²) in [5.74, 6) is -0.463. The minimum absolute atomic E-state index is 0.138. The second-order valence-corrected chi connectivity index (χ2v) is 9.30. The van der Waals surface area contributed by atoms with Gasteiger partial charge in [-0.15, -0.1) is 6.58 Å². The number of nitrogens with one attached hydrogen (secondary N) is 1. The number of hydrogen-bond donors (Lipinski definition) is 1. The normalized spacial score (nSPS) is 27.6. The largest absolute Gasteiger partial charge is 0.457 e. The van der Waals surface area contributed by atoms with E-state index in [1.807, 2.05) is 30.3 Å². The molecule has 6 atom stereocenters. The highest BCUT2D eigenvalue weighted by Gasteiger charge is 2.52. The van der Waals surface area contributed by atoms with Crippen molar-refractivity contribution in [2.24, 2.45) is 0 Å². The zero-order chi connectivity index (χ0) is 25.8. The lowest BCUT2D eigenvalue weighted by molar-refractivity contribution is -0.343. The van der Waals surface area contributed by atoms with Crippen molar-refractivity contribution >= 4 is 11.9 Å². The molecule has 8 heteroatoms. The number of esters is 1. The summed E-state index contributed by atoms with van der Waals surface area (Å²) in [6, 6.07) is 8.85. The lowest BCUT2D eigenvalue weighted by Gasteiger charge is -2.48. The van der Waals surface area contributed by atoms with Crippen LogP contribution >= 0.6 is 0 Å². The first kappa shape index (κ1) is 28.3. The zero-order valence-electron chi connectivity index (χ0n) is 21.6. The van der Waals surface area contributed by atoms with E-state index in [2.05, 4.69) is 25.7 Å². The molecule has 2 saturated heterocycles. The van der Waals surface area contributed by atoms with Crippen LogP contribution in [0.25, 0.3) is 0 Å². The van der Waals surface area contributed by atoms with Crippen LogP contribution in [0.15, 0.2) is 43.0 Å². The van der Waals surface area contributed by atoms with E-state index in [4.69, 9.17) is 23.7 Å². The predicted molar refractivity (Wildman–Crippen MR) is 135 cm³/mol. The first-order valence-electron chi connectivity index (χ1n) is 13.3. The molecule has 0 saturated carbocycles. The SMILES string of the molecule is C=CCO[C@@H]1O[C@@H]2CO[C@@H](c3ccccc3)O[C@H]2[C@H](OC(=O)CCCCC)[C@H]1NC(=O)CCCCC. The molecule has 0 bridgehead atoms. The van der Waals surface area contributed by atoms with Crippen molar-refractivity contribution in [2.75, 3.05) is 13.2 Å². The smallest absolute Gasteiger partial charge is 0.306 e. The van der Waals surface area contributed by atoms with Crippen molar-refractivity contribution in [3.63, 3.8) is 0 Å². The van der Waals surface area contributed by atoms with E-state index in [9.17, 15) is 9.59 Å². The summed E-state index contributed by atoms with van der Waals surface area (Å²) in [6.07, 6.45) is 4.31. The van der Waals surface area contributed by atoms with Crippen LogP contribution in [0.5, 0.6) is 0 Å². The number of amides is 1. The minimum Gasteiger partial charge on any atom is -0.457 e. The molecule has 8 nitrogen and oxygen atoms in total. The van der Waals surface area contributed by atoms with Crippen LogP contribution in [0.2, 0.25) is 0 Å². The Morgan fingerprint density at radius 1 is 1.06 bits per heavy atom. The van der Waals surface area contributed by atoms with Crippen LogP contribution in [0.4, 0.5) is 0 Å². The lowest BCUT2D eigenvalue weighted by Crippen LogP contribution is -2.67. The van der Waals surface area contributed by atoms with Crippen LogP contribution in [0.3, 0.4) is 0 Å². The average molecular weight is 504 g/mol. The maximum atomic E-state index is 12.9. The van der Waals surface area contributed by atoms with Gasteiger partial charge in [0.05, 0.1) is 13.2 Å². The molecule has 2 aliphatic rings. The van der Waals surface area contributed by atoms with Gasteiger partial charge in [-0.25, -0.2) is 0 Å². The van der Waals surface area contributed by atoms with Crippen molar-refractivity contribution in [2.45, 2.75) is 102 Å². The van der Waals surface area contributed by atoms with Gasteiger partial charge in [0.2, 0.25) is 5.91 Å². The number of rotatable bonds is 14. The van der Waals surface area contributed by atoms with Crippen molar-refractivity contribution in [1.29, 1.82) is 0 Å². The summed E-state index contributed by atoms with van der Waals surface area (Å²) >= 11 is 0. The Balaban J connectivity index is 1.83. The monoisotopic (exact) mass is 503 g/mol. The second kappa shape index (κ2) is 15.1. The lowest BCUT2D eigenvalue weighted by atomic mass is 9.95. The van der Waals surface area contributed by atoms with Gasteiger partial charge in [0.25, 0.3) is 0 Å². The van der Waals surface area contributed by atoms with Gasteiger partial charge in [-0.05, 0) is 12.8 Å². The zero-order valence-corrected chi connectivity index (χ0v) is 21.6. The summed E-state index contributed by atoms with van der Waals surface area (Å²) in [4.78, 5) is 25.7. The molecule has 2 heterocycles. The van der Waals surface area contributed by atoms with Crippen molar-refractivity contribution in [3.05, 3.63) is 48.6 Å². The molecular formula is C28H41NO7. The molecule has 1 aromatic carbocycles. The molecule has 200 valence electrons. The molecule has 0 radical (unpaired) electrons. The molecule has 3 rings (SSSR count). The summed E-state index contributed by atoms with van der Waals surface area (Å²) in [5.41, 5.74) is 0.856. The van der Waals surface area contributed by atoms with Crippen molar-refractivity contribution in [3.8, 4) is 0 Å². The second-order valence-electron chi connectivity index (χ2n) is 9.30. The third-order valence-electron chi connectivity index (χ3n) is 6.38. The number of carbonyl (C=O) groups is 2. The molecule has 0 aliphatic carbocycles. The van der Waals surface area contributed by atoms with Gasteiger partial charge >= 0.3 is 5.97 Å². The molecular weight excluding hydrogens is 462 g/mol. The Labute approximate surface area is 214 Å². The molecule has 1 amide bonds. The molecule has 1 N–H and O–H groups in total. The van der Waals surface area contributed by atoms with Crippen molar-refractivity contribution < 1.29 is 33.3 Å². The Kier molecular flexibility index (Phi) is 11.9. The summed E-state index contributed by atoms with van der Waals surface area (Å²) in [6.45, 7) is 8.34. The van der Waals surface area contributed by atoms with E-state index >= 15 is 0 Å². The van der Waals surface area contributed by atoms with E-state index in [1.54, 1.807) is 6.08 Å². The fourth-order valence-electron chi connectivity index (χ4n) is 4.47. The highest BCUT2D eigenvalue weighted by Crippen LogP contribution is 2.36. The Morgan fingerprint density at radius 2 is 1.78 bits per heavy atom. The third kappa shape index (κ3) is 8.13. The number of hydrogen-bond acceptors (Lipinski definition) is 7. The standard InChI is InChI=1S/C28H41NO7/c1-4-7-10-16-22(30)29-24-26(35-23(31)17-11-8-5-2)25-21(34-28(24)32-18-6-3)19-33-27(36-25)20-14-12-9-13-15-20/h6,9,12-15,21,24-28H,3-5,7-8,10-11,16-19H2,1-2H3,(H,29,30)/t21-,24-,25-,26-,27-,28-/m1/s1. The van der Waals surface area contributed by atoms with E-state index in [0.29, 0.717) is 12.8 Å². The van der Waals surface area contributed by atoms with Gasteiger partial charge in [0.15, 0.2) is 18.7 Å². The fourth-order valence-corrected chi connectivity index (χ4v) is 4.47.